The smallest absolute Gasteiger partial charge is 0.133 e. The zero-order valence-electron chi connectivity index (χ0n) is 12.6. The molecule has 0 aliphatic heterocycles. The molecule has 20 heavy (non-hydrogen) atoms. The van der Waals surface area contributed by atoms with Gasteiger partial charge < -0.3 is 15.6 Å². The second-order valence-electron chi connectivity index (χ2n) is 5.88. The largest absolute Gasteiger partial charge is 0.457 e. The second kappa shape index (κ2) is 5.33. The molecule has 0 fully saturated rings. The van der Waals surface area contributed by atoms with E-state index in [0.29, 0.717) is 6.42 Å². The summed E-state index contributed by atoms with van der Waals surface area (Å²) in [5.41, 5.74) is 7.82. The highest BCUT2D eigenvalue weighted by Crippen LogP contribution is 2.32. The summed E-state index contributed by atoms with van der Waals surface area (Å²) in [7, 11) is 0. The van der Waals surface area contributed by atoms with Crippen LogP contribution in [0.3, 0.4) is 0 Å². The van der Waals surface area contributed by atoms with Crippen molar-refractivity contribution in [2.75, 3.05) is 5.73 Å². The Hall–Kier alpha value is -1.74. The highest BCUT2D eigenvalue weighted by molar-refractivity contribution is 5.53. The molecule has 0 aromatic heterocycles. The normalized spacial score (nSPS) is 22.0. The van der Waals surface area contributed by atoms with Gasteiger partial charge in [0.1, 0.15) is 11.5 Å². The third-order valence-electron chi connectivity index (χ3n) is 3.87. The maximum Gasteiger partial charge on any atom is 0.133 e. The monoisotopic (exact) mass is 273 g/mol. The van der Waals surface area contributed by atoms with Crippen LogP contribution in [0, 0.1) is 19.8 Å². The predicted molar refractivity (Wildman–Crippen MR) is 82.6 cm³/mol. The first-order valence-corrected chi connectivity index (χ1v) is 6.98. The first-order chi connectivity index (χ1) is 9.32. The van der Waals surface area contributed by atoms with Crippen LogP contribution in [0.25, 0.3) is 0 Å². The van der Waals surface area contributed by atoms with Crippen LogP contribution in [0.1, 0.15) is 31.4 Å². The summed E-state index contributed by atoms with van der Waals surface area (Å²) in [4.78, 5) is 0. The topological polar surface area (TPSA) is 55.5 Å². The van der Waals surface area contributed by atoms with Crippen molar-refractivity contribution in [3.63, 3.8) is 0 Å². The van der Waals surface area contributed by atoms with Crippen LogP contribution in [0.15, 0.2) is 36.1 Å². The van der Waals surface area contributed by atoms with Gasteiger partial charge in [-0.15, -0.1) is 0 Å². The summed E-state index contributed by atoms with van der Waals surface area (Å²) < 4.78 is 5.95. The lowest BCUT2D eigenvalue weighted by Crippen LogP contribution is -2.33. The number of benzene rings is 1. The Labute approximate surface area is 120 Å². The van der Waals surface area contributed by atoms with Gasteiger partial charge >= 0.3 is 0 Å². The SMILES string of the molecule is Cc1cc(N)cc(C)c1OC1=CCC(O)(C(C)C)C=C1. The summed E-state index contributed by atoms with van der Waals surface area (Å²) in [6, 6.07) is 3.81. The molecule has 1 aromatic carbocycles. The summed E-state index contributed by atoms with van der Waals surface area (Å²) in [5.74, 6) is 1.79. The Balaban J connectivity index is 2.18. The van der Waals surface area contributed by atoms with Crippen LogP contribution in [-0.2, 0) is 0 Å². The Kier molecular flexibility index (Phi) is 3.91. The van der Waals surface area contributed by atoms with E-state index in [1.807, 2.05) is 58.1 Å². The number of anilines is 1. The number of rotatable bonds is 3. The maximum absolute atomic E-state index is 10.4. The van der Waals surface area contributed by atoms with Crippen molar-refractivity contribution < 1.29 is 9.84 Å². The van der Waals surface area contributed by atoms with Crippen molar-refractivity contribution in [2.45, 2.75) is 39.7 Å². The Morgan fingerprint density at radius 1 is 1.25 bits per heavy atom. The second-order valence-corrected chi connectivity index (χ2v) is 5.88. The van der Waals surface area contributed by atoms with Gasteiger partial charge in [-0.25, -0.2) is 0 Å². The summed E-state index contributed by atoms with van der Waals surface area (Å²) >= 11 is 0. The number of hydrogen-bond acceptors (Lipinski definition) is 3. The zero-order chi connectivity index (χ0) is 14.9. The van der Waals surface area contributed by atoms with E-state index in [1.54, 1.807) is 0 Å². The quantitative estimate of drug-likeness (QED) is 0.829. The molecule has 1 aromatic rings. The molecule has 0 bridgehead atoms. The lowest BCUT2D eigenvalue weighted by molar-refractivity contribution is 0.0437. The molecule has 3 heteroatoms. The van der Waals surface area contributed by atoms with Crippen molar-refractivity contribution >= 4 is 5.69 Å². The van der Waals surface area contributed by atoms with Gasteiger partial charge in [0.25, 0.3) is 0 Å². The molecular formula is C17H23NO2. The van der Waals surface area contributed by atoms with E-state index in [2.05, 4.69) is 0 Å². The van der Waals surface area contributed by atoms with Crippen LogP contribution >= 0.6 is 0 Å². The molecule has 1 aliphatic rings. The molecule has 1 atom stereocenters. The number of nitrogens with two attached hydrogens (primary N) is 1. The summed E-state index contributed by atoms with van der Waals surface area (Å²) in [6.45, 7) is 7.99. The van der Waals surface area contributed by atoms with Crippen molar-refractivity contribution in [2.24, 2.45) is 5.92 Å². The molecule has 1 aliphatic carbocycles. The molecule has 0 radical (unpaired) electrons. The van der Waals surface area contributed by atoms with E-state index >= 15 is 0 Å². The van der Waals surface area contributed by atoms with Gasteiger partial charge in [0.05, 0.1) is 5.60 Å². The van der Waals surface area contributed by atoms with Gasteiger partial charge in [-0.05, 0) is 61.3 Å². The van der Waals surface area contributed by atoms with Crippen LogP contribution in [-0.4, -0.2) is 10.7 Å². The fraction of sp³-hybridized carbons (Fsp3) is 0.412. The fourth-order valence-corrected chi connectivity index (χ4v) is 2.39. The molecule has 108 valence electrons. The van der Waals surface area contributed by atoms with Gasteiger partial charge in [0.15, 0.2) is 0 Å². The number of nitrogen functional groups attached to an aromatic ring is 1. The van der Waals surface area contributed by atoms with E-state index in [-0.39, 0.29) is 5.92 Å². The molecular weight excluding hydrogens is 250 g/mol. The third kappa shape index (κ3) is 2.88. The van der Waals surface area contributed by atoms with E-state index in [0.717, 1.165) is 28.3 Å². The Morgan fingerprint density at radius 2 is 1.85 bits per heavy atom. The number of hydrogen-bond donors (Lipinski definition) is 2. The zero-order valence-corrected chi connectivity index (χ0v) is 12.6. The molecule has 3 N–H and O–H groups in total. The van der Waals surface area contributed by atoms with Crippen molar-refractivity contribution in [3.8, 4) is 5.75 Å². The van der Waals surface area contributed by atoms with Gasteiger partial charge in [-0.3, -0.25) is 0 Å². The van der Waals surface area contributed by atoms with E-state index in [4.69, 9.17) is 10.5 Å². The lowest BCUT2D eigenvalue weighted by Gasteiger charge is -2.30. The van der Waals surface area contributed by atoms with Gasteiger partial charge in [0, 0.05) is 12.1 Å². The molecule has 0 amide bonds. The average Bonchev–Trinajstić information content (AvgIpc) is 2.36. The number of aliphatic hydroxyl groups is 1. The summed E-state index contributed by atoms with van der Waals surface area (Å²) in [6.07, 6.45) is 6.19. The fourth-order valence-electron chi connectivity index (χ4n) is 2.39. The average molecular weight is 273 g/mol. The van der Waals surface area contributed by atoms with Crippen LogP contribution in [0.2, 0.25) is 0 Å². The number of ether oxygens (including phenoxy) is 1. The molecule has 2 rings (SSSR count). The molecule has 0 saturated carbocycles. The molecule has 0 spiro atoms. The first-order valence-electron chi connectivity index (χ1n) is 6.98. The molecule has 0 saturated heterocycles. The van der Waals surface area contributed by atoms with Crippen LogP contribution in [0.4, 0.5) is 5.69 Å². The van der Waals surface area contributed by atoms with Gasteiger partial charge in [-0.2, -0.15) is 0 Å². The van der Waals surface area contributed by atoms with Gasteiger partial charge in [0.2, 0.25) is 0 Å². The molecule has 0 heterocycles. The highest BCUT2D eigenvalue weighted by Gasteiger charge is 2.29. The molecule has 3 nitrogen and oxygen atoms in total. The van der Waals surface area contributed by atoms with Gasteiger partial charge in [-0.1, -0.05) is 13.8 Å². The first kappa shape index (κ1) is 14.7. The summed E-state index contributed by atoms with van der Waals surface area (Å²) in [5, 5.41) is 10.4. The van der Waals surface area contributed by atoms with Crippen LogP contribution < -0.4 is 10.5 Å². The lowest BCUT2D eigenvalue weighted by atomic mass is 9.84. The minimum absolute atomic E-state index is 0.177. The highest BCUT2D eigenvalue weighted by atomic mass is 16.5. The van der Waals surface area contributed by atoms with E-state index < -0.39 is 5.60 Å². The van der Waals surface area contributed by atoms with Crippen molar-refractivity contribution in [3.05, 3.63) is 47.2 Å². The van der Waals surface area contributed by atoms with Crippen molar-refractivity contribution in [1.82, 2.24) is 0 Å². The predicted octanol–water partition coefficient (Wildman–Crippen LogP) is 3.50. The standard InChI is InChI=1S/C17H23NO2/c1-11(2)17(19)7-5-15(6-8-17)20-16-12(3)9-14(18)10-13(16)4/h5-7,9-11,19H,8,18H2,1-4H3. The Bertz CT molecular complexity index is 549. The van der Waals surface area contributed by atoms with E-state index in [1.165, 1.54) is 0 Å². The molecule has 1 unspecified atom stereocenters. The minimum Gasteiger partial charge on any atom is -0.457 e. The Morgan fingerprint density at radius 3 is 2.30 bits per heavy atom. The minimum atomic E-state index is -0.766. The van der Waals surface area contributed by atoms with E-state index in [9.17, 15) is 5.11 Å². The van der Waals surface area contributed by atoms with Crippen molar-refractivity contribution in [1.29, 1.82) is 0 Å². The third-order valence-corrected chi connectivity index (χ3v) is 3.87. The van der Waals surface area contributed by atoms with Crippen LogP contribution in [0.5, 0.6) is 5.75 Å². The number of aryl methyl sites for hydroxylation is 2. The maximum atomic E-state index is 10.4. The number of allylic oxidation sites excluding steroid dienone is 1.